The third kappa shape index (κ3) is 7.72. The van der Waals surface area contributed by atoms with Crippen molar-refractivity contribution in [3.05, 3.63) is 64.3 Å². The Bertz CT molecular complexity index is 1750. The van der Waals surface area contributed by atoms with E-state index in [0.29, 0.717) is 23.6 Å². The fourth-order valence-corrected chi connectivity index (χ4v) is 6.73. The number of benzene rings is 1. The molecule has 2 saturated heterocycles. The van der Waals surface area contributed by atoms with Crippen LogP contribution in [0.4, 0.5) is 5.69 Å². The number of carbonyl (C=O) groups excluding carboxylic acids is 5. The van der Waals surface area contributed by atoms with Crippen molar-refractivity contribution in [2.75, 3.05) is 25.5 Å². The summed E-state index contributed by atoms with van der Waals surface area (Å²) in [6.07, 6.45) is 2.01. The average Bonchev–Trinajstić information content (AvgIpc) is 3.38. The smallest absolute Gasteiger partial charge is 0.287 e. The van der Waals surface area contributed by atoms with Gasteiger partial charge in [0.05, 0.1) is 6.17 Å². The first-order valence-corrected chi connectivity index (χ1v) is 15.9. The molecular formula is C32H38ClN7O7. The Balaban J connectivity index is 1.29. The number of anilines is 1. The van der Waals surface area contributed by atoms with Crippen molar-refractivity contribution in [3.8, 4) is 0 Å². The molecule has 47 heavy (non-hydrogen) atoms. The normalized spacial score (nSPS) is 22.6. The van der Waals surface area contributed by atoms with Gasteiger partial charge in [0.25, 0.3) is 17.4 Å². The number of Topliss-reactive ketones (excluding diaryl/α,β-unsaturated/α-hetero) is 1. The molecule has 2 fully saturated rings. The Hall–Kier alpha value is -4.53. The van der Waals surface area contributed by atoms with Gasteiger partial charge in [-0.1, -0.05) is 18.2 Å². The molecule has 5 unspecified atom stereocenters. The molecule has 250 valence electrons. The summed E-state index contributed by atoms with van der Waals surface area (Å²) in [5, 5.41) is 10.9. The molecule has 2 aliphatic rings. The molecule has 3 aromatic rings. The van der Waals surface area contributed by atoms with Crippen LogP contribution in [-0.2, 0) is 25.7 Å². The number of pyridine rings is 1. The Morgan fingerprint density at radius 3 is 2.60 bits per heavy atom. The van der Waals surface area contributed by atoms with Crippen LogP contribution >= 0.6 is 11.6 Å². The minimum atomic E-state index is -1.33. The van der Waals surface area contributed by atoms with E-state index >= 15 is 0 Å². The first-order chi connectivity index (χ1) is 22.4. The van der Waals surface area contributed by atoms with Crippen molar-refractivity contribution in [2.24, 2.45) is 11.7 Å². The number of amides is 4. The van der Waals surface area contributed by atoms with Crippen LogP contribution in [0.3, 0.4) is 0 Å². The van der Waals surface area contributed by atoms with Crippen LogP contribution in [0.25, 0.3) is 11.0 Å². The van der Waals surface area contributed by atoms with Gasteiger partial charge in [-0.15, -0.1) is 11.6 Å². The van der Waals surface area contributed by atoms with Gasteiger partial charge in [0.1, 0.15) is 23.9 Å². The van der Waals surface area contributed by atoms with Crippen LogP contribution in [0.2, 0.25) is 0 Å². The number of alkyl halides is 1. The van der Waals surface area contributed by atoms with Crippen LogP contribution in [0, 0.1) is 12.8 Å². The molecule has 0 radical (unpaired) electrons. The molecule has 1 aromatic carbocycles. The zero-order chi connectivity index (χ0) is 33.8. The first-order valence-electron chi connectivity index (χ1n) is 15.4. The number of halogens is 1. The predicted molar refractivity (Wildman–Crippen MR) is 174 cm³/mol. The monoisotopic (exact) mass is 667 g/mol. The van der Waals surface area contributed by atoms with Gasteiger partial charge in [-0.25, -0.2) is 0 Å². The maximum Gasteiger partial charge on any atom is 0.287 e. The fourth-order valence-electron chi connectivity index (χ4n) is 6.31. The SMILES string of the molecule is CNC(=O)C(=O)CC[C@H](NC(=O)c1oc2ccccc2c1C)C(=O)Nc1cccn(CC(=O)NC2C(N)CC3CC(Cl)CN2C3)c1=O. The van der Waals surface area contributed by atoms with Gasteiger partial charge in [-0.3, -0.25) is 33.7 Å². The molecule has 14 nitrogen and oxygen atoms in total. The van der Waals surface area contributed by atoms with Gasteiger partial charge in [-0.05, 0) is 50.3 Å². The van der Waals surface area contributed by atoms with Crippen molar-refractivity contribution in [3.63, 3.8) is 0 Å². The summed E-state index contributed by atoms with van der Waals surface area (Å²) in [5.41, 5.74) is 6.58. The van der Waals surface area contributed by atoms with E-state index in [-0.39, 0.29) is 42.3 Å². The number of likely N-dealkylation sites (N-methyl/N-ethyl adjacent to an activating group) is 1. The van der Waals surface area contributed by atoms with Crippen LogP contribution < -0.4 is 32.6 Å². The van der Waals surface area contributed by atoms with Gasteiger partial charge in [0, 0.05) is 55.1 Å². The highest BCUT2D eigenvalue weighted by molar-refractivity contribution is 6.36. The number of hydrogen-bond donors (Lipinski definition) is 5. The average molecular weight is 668 g/mol. The summed E-state index contributed by atoms with van der Waals surface area (Å²) < 4.78 is 6.86. The first kappa shape index (κ1) is 33.8. The molecule has 2 aliphatic heterocycles. The number of fused-ring (bicyclic) bond motifs is 3. The molecule has 4 amide bonds. The van der Waals surface area contributed by atoms with Crippen molar-refractivity contribution < 1.29 is 28.4 Å². The number of hydrogen-bond acceptors (Lipinski definition) is 9. The lowest BCUT2D eigenvalue weighted by atomic mass is 9.85. The number of nitrogens with two attached hydrogens (primary N) is 1. The highest BCUT2D eigenvalue weighted by Gasteiger charge is 2.40. The third-order valence-corrected chi connectivity index (χ3v) is 8.95. The molecule has 5 rings (SSSR count). The van der Waals surface area contributed by atoms with E-state index in [0.717, 1.165) is 29.3 Å². The number of ketones is 1. The number of nitrogens with zero attached hydrogens (tertiary/aromatic N) is 2. The van der Waals surface area contributed by atoms with Crippen LogP contribution in [0.1, 0.15) is 41.8 Å². The van der Waals surface area contributed by atoms with Gasteiger partial charge in [-0.2, -0.15) is 0 Å². The molecule has 6 N–H and O–H groups in total. The number of aromatic nitrogens is 1. The summed E-state index contributed by atoms with van der Waals surface area (Å²) in [6, 6.07) is 8.29. The van der Waals surface area contributed by atoms with Crippen molar-refractivity contribution in [1.82, 2.24) is 25.4 Å². The van der Waals surface area contributed by atoms with Crippen LogP contribution in [-0.4, -0.2) is 82.6 Å². The topological polar surface area (TPSA) is 198 Å². The summed E-state index contributed by atoms with van der Waals surface area (Å²) in [7, 11) is 1.30. The molecule has 4 heterocycles. The molecule has 6 atom stereocenters. The van der Waals surface area contributed by atoms with E-state index in [4.69, 9.17) is 21.8 Å². The van der Waals surface area contributed by atoms with E-state index < -0.39 is 47.2 Å². The van der Waals surface area contributed by atoms with E-state index in [1.165, 1.54) is 25.4 Å². The highest BCUT2D eigenvalue weighted by atomic mass is 35.5. The maximum atomic E-state index is 13.5. The van der Waals surface area contributed by atoms with E-state index in [1.54, 1.807) is 31.2 Å². The Labute approximate surface area is 275 Å². The Kier molecular flexibility index (Phi) is 10.4. The van der Waals surface area contributed by atoms with Gasteiger partial charge in [0.2, 0.25) is 17.6 Å². The van der Waals surface area contributed by atoms with Gasteiger partial charge in [0.15, 0.2) is 5.76 Å². The van der Waals surface area contributed by atoms with E-state index in [1.807, 2.05) is 0 Å². The number of nitrogens with one attached hydrogen (secondary N) is 4. The standard InChI is InChI=1S/C32H38ClN7O7/c1-17-20-6-3-4-8-25(20)47-27(17)31(45)36-22(9-10-24(41)30(44)35-2)29(43)37-23-7-5-11-39(32(23)46)16-26(42)38-28-21(34)13-18-12-19(33)15-40(28)14-18/h3-8,11,18-19,21-22,28H,9-10,12-16,34H2,1-2H3,(H,35,44)(H,36,45)(H,37,43)(H,38,42)/t18?,19?,21?,22-,28?/m0/s1. The number of aryl methyl sites for hydroxylation is 1. The molecule has 2 aromatic heterocycles. The fraction of sp³-hybridized carbons (Fsp3) is 0.438. The molecule has 0 spiro atoms. The summed E-state index contributed by atoms with van der Waals surface area (Å²) >= 11 is 6.40. The second-order valence-electron chi connectivity index (χ2n) is 12.0. The lowest BCUT2D eigenvalue weighted by Gasteiger charge is -2.48. The number of rotatable bonds is 11. The number of piperidine rings is 2. The number of furan rings is 1. The zero-order valence-corrected chi connectivity index (χ0v) is 26.8. The summed E-state index contributed by atoms with van der Waals surface area (Å²) in [6.45, 7) is 2.75. The summed E-state index contributed by atoms with van der Waals surface area (Å²) in [5.74, 6) is -3.24. The Morgan fingerprint density at radius 2 is 1.85 bits per heavy atom. The van der Waals surface area contributed by atoms with Crippen molar-refractivity contribution in [1.29, 1.82) is 0 Å². The second-order valence-corrected chi connectivity index (χ2v) is 12.6. The largest absolute Gasteiger partial charge is 0.451 e. The maximum absolute atomic E-state index is 13.5. The second kappa shape index (κ2) is 14.5. The third-order valence-electron chi connectivity index (χ3n) is 8.63. The van der Waals surface area contributed by atoms with Gasteiger partial charge < -0.3 is 36.0 Å². The van der Waals surface area contributed by atoms with E-state index in [9.17, 15) is 28.8 Å². The predicted octanol–water partition coefficient (Wildman–Crippen LogP) is 0.838. The molecule has 0 aliphatic carbocycles. The minimum Gasteiger partial charge on any atom is -0.451 e. The highest BCUT2D eigenvalue weighted by Crippen LogP contribution is 2.31. The number of para-hydroxylation sites is 1. The van der Waals surface area contributed by atoms with Crippen LogP contribution in [0.5, 0.6) is 0 Å². The van der Waals surface area contributed by atoms with E-state index in [2.05, 4.69) is 26.2 Å². The summed E-state index contributed by atoms with van der Waals surface area (Å²) in [4.78, 5) is 79.2. The minimum absolute atomic E-state index is 0.0194. The zero-order valence-electron chi connectivity index (χ0n) is 26.1. The van der Waals surface area contributed by atoms with Crippen LogP contribution in [0.15, 0.2) is 51.8 Å². The number of carbonyl (C=O) groups is 5. The quantitative estimate of drug-likeness (QED) is 0.145. The molecule has 0 saturated carbocycles. The van der Waals surface area contributed by atoms with Crippen molar-refractivity contribution in [2.45, 2.75) is 62.8 Å². The molecule has 2 bridgehead atoms. The Morgan fingerprint density at radius 1 is 1.09 bits per heavy atom. The lowest BCUT2D eigenvalue weighted by molar-refractivity contribution is -0.137. The molecular weight excluding hydrogens is 630 g/mol. The lowest BCUT2D eigenvalue weighted by Crippen LogP contribution is -2.65. The van der Waals surface area contributed by atoms with Gasteiger partial charge >= 0.3 is 0 Å². The van der Waals surface area contributed by atoms with Crippen molar-refractivity contribution >= 4 is 57.7 Å². The molecule has 15 heteroatoms.